The highest BCUT2D eigenvalue weighted by molar-refractivity contribution is 7.52. The monoisotopic (exact) mass is 489 g/mol. The number of fused-ring (bicyclic) bond motifs is 1. The number of carbonyl (C=O) groups excluding carboxylic acids is 2. The summed E-state index contributed by atoms with van der Waals surface area (Å²) in [6.07, 6.45) is -0.825. The number of ether oxygens (including phenoxy) is 4. The molecule has 2 N–H and O–H groups in total. The lowest BCUT2D eigenvalue weighted by atomic mass is 10.4. The summed E-state index contributed by atoms with van der Waals surface area (Å²) in [5.74, 6) is 0.183. The predicted molar refractivity (Wildman–Crippen MR) is 114 cm³/mol. The van der Waals surface area contributed by atoms with E-state index in [-0.39, 0.29) is 18.5 Å². The van der Waals surface area contributed by atoms with Crippen LogP contribution < -0.4 is 5.32 Å². The van der Waals surface area contributed by atoms with E-state index in [2.05, 4.69) is 29.5 Å². The number of nitrogens with zero attached hydrogens (tertiary/aromatic N) is 4. The molecule has 14 nitrogen and oxygen atoms in total. The van der Waals surface area contributed by atoms with Crippen LogP contribution >= 0.6 is 7.60 Å². The van der Waals surface area contributed by atoms with Crippen LogP contribution in [0.3, 0.4) is 0 Å². The summed E-state index contributed by atoms with van der Waals surface area (Å²) in [4.78, 5) is 45.3. The van der Waals surface area contributed by atoms with Crippen molar-refractivity contribution in [3.63, 3.8) is 0 Å². The maximum atomic E-state index is 12.0. The topological polar surface area (TPSA) is 173 Å². The van der Waals surface area contributed by atoms with Gasteiger partial charge < -0.3 is 28.4 Å². The van der Waals surface area contributed by atoms with Gasteiger partial charge in [0.25, 0.3) is 0 Å². The van der Waals surface area contributed by atoms with Crippen molar-refractivity contribution in [1.29, 1.82) is 0 Å². The third kappa shape index (κ3) is 8.92. The number of anilines is 1. The predicted octanol–water partition coefficient (Wildman–Crippen LogP) is 2.87. The molecule has 0 spiro atoms. The van der Waals surface area contributed by atoms with Gasteiger partial charge >= 0.3 is 19.8 Å². The zero-order valence-electron chi connectivity index (χ0n) is 19.0. The number of aromatic nitrogens is 4. The van der Waals surface area contributed by atoms with Crippen LogP contribution in [0.2, 0.25) is 0 Å². The average Bonchev–Trinajstić information content (AvgIpc) is 3.09. The van der Waals surface area contributed by atoms with Crippen LogP contribution in [-0.2, 0) is 34.6 Å². The molecule has 0 saturated heterocycles. The molecule has 2 aromatic heterocycles. The quantitative estimate of drug-likeness (QED) is 0.269. The molecule has 0 aliphatic carbocycles. The van der Waals surface area contributed by atoms with Crippen molar-refractivity contribution in [2.75, 3.05) is 18.5 Å². The smallest absolute Gasteiger partial charge is 0.447 e. The van der Waals surface area contributed by atoms with Crippen LogP contribution in [0.4, 0.5) is 15.4 Å². The number of hydrogen-bond donors (Lipinski definition) is 2. The Kier molecular flexibility index (Phi) is 9.53. The molecule has 0 bridgehead atoms. The molecule has 184 valence electrons. The van der Waals surface area contributed by atoms with Crippen LogP contribution in [0.5, 0.6) is 0 Å². The summed E-state index contributed by atoms with van der Waals surface area (Å²) in [6.45, 7) is 7.83. The van der Waals surface area contributed by atoms with Crippen molar-refractivity contribution in [2.24, 2.45) is 0 Å². The Morgan fingerprint density at radius 1 is 1.12 bits per heavy atom. The molecule has 2 heterocycles. The highest BCUT2D eigenvalue weighted by atomic mass is 31.2. The van der Waals surface area contributed by atoms with Crippen LogP contribution in [0.1, 0.15) is 34.6 Å². The second kappa shape index (κ2) is 11.9. The summed E-state index contributed by atoms with van der Waals surface area (Å²) in [7, 11) is -4.18. The fourth-order valence-electron chi connectivity index (χ4n) is 2.42. The van der Waals surface area contributed by atoms with Crippen molar-refractivity contribution < 1.29 is 42.5 Å². The molecule has 1 amide bonds. The van der Waals surface area contributed by atoms with Crippen LogP contribution in [0.15, 0.2) is 12.7 Å². The molecule has 0 aliphatic rings. The molecule has 2 aromatic rings. The van der Waals surface area contributed by atoms with E-state index in [0.717, 1.165) is 0 Å². The lowest BCUT2D eigenvalue weighted by Crippen LogP contribution is -2.19. The standard InChI is InChI=1S/C18H28N5O9P/c1-11(2)31-17(24)22-15-14-16(20-7-19-15)23(8-21-14)6-13(5)29-10-33(26,27)30-9-28-18(25)32-12(3)4/h7-8,11-13H,6,9-10H2,1-5H3,(H,26,27)(H,19,20,22,24)/t13-/m1/s1. The SMILES string of the molecule is CC(C)OC(=O)Nc1ncnc2c1ncn2C[C@@H](C)OCP(=O)(O)OCOC(=O)OC(C)C. The summed E-state index contributed by atoms with van der Waals surface area (Å²) < 4.78 is 38.1. The second-order valence-electron chi connectivity index (χ2n) is 7.42. The van der Waals surface area contributed by atoms with Crippen molar-refractivity contribution in [1.82, 2.24) is 19.5 Å². The minimum atomic E-state index is -4.18. The van der Waals surface area contributed by atoms with E-state index in [4.69, 9.17) is 14.2 Å². The molecular formula is C18H28N5O9P. The third-order valence-corrected chi connectivity index (χ3v) is 4.69. The lowest BCUT2D eigenvalue weighted by Gasteiger charge is -2.17. The average molecular weight is 489 g/mol. The molecule has 33 heavy (non-hydrogen) atoms. The lowest BCUT2D eigenvalue weighted by molar-refractivity contribution is -0.0152. The van der Waals surface area contributed by atoms with Gasteiger partial charge in [-0.1, -0.05) is 0 Å². The van der Waals surface area contributed by atoms with E-state index in [1.807, 2.05) is 0 Å². The summed E-state index contributed by atoms with van der Waals surface area (Å²) in [5.41, 5.74) is 0.757. The van der Waals surface area contributed by atoms with Crippen molar-refractivity contribution in [3.05, 3.63) is 12.7 Å². The minimum absolute atomic E-state index is 0.183. The molecule has 15 heteroatoms. The zero-order chi connectivity index (χ0) is 24.6. The first kappa shape index (κ1) is 26.5. The Morgan fingerprint density at radius 3 is 2.48 bits per heavy atom. The molecular weight excluding hydrogens is 461 g/mol. The van der Waals surface area contributed by atoms with E-state index in [1.54, 1.807) is 39.2 Å². The van der Waals surface area contributed by atoms with Gasteiger partial charge in [0.05, 0.1) is 31.2 Å². The Morgan fingerprint density at radius 2 is 1.82 bits per heavy atom. The Bertz CT molecular complexity index is 997. The Labute approximate surface area is 190 Å². The second-order valence-corrected chi connectivity index (χ2v) is 9.21. The molecule has 0 aromatic carbocycles. The van der Waals surface area contributed by atoms with Gasteiger partial charge in [0, 0.05) is 0 Å². The molecule has 0 saturated carbocycles. The van der Waals surface area contributed by atoms with Gasteiger partial charge in [-0.2, -0.15) is 0 Å². The molecule has 1 unspecified atom stereocenters. The van der Waals surface area contributed by atoms with Crippen LogP contribution in [0, 0.1) is 0 Å². The Hall–Kier alpha value is -2.80. The number of rotatable bonds is 11. The number of carbonyl (C=O) groups is 2. The normalized spacial score (nSPS) is 14.2. The third-order valence-electron chi connectivity index (χ3n) is 3.70. The molecule has 2 atom stereocenters. The van der Waals surface area contributed by atoms with Crippen molar-refractivity contribution in [2.45, 2.75) is 59.5 Å². The maximum Gasteiger partial charge on any atom is 0.510 e. The summed E-state index contributed by atoms with van der Waals surface area (Å²) in [6, 6.07) is 0. The first-order chi connectivity index (χ1) is 15.5. The maximum absolute atomic E-state index is 12.0. The highest BCUT2D eigenvalue weighted by Crippen LogP contribution is 2.42. The number of amides is 1. The fraction of sp³-hybridized carbons (Fsp3) is 0.611. The summed E-state index contributed by atoms with van der Waals surface area (Å²) in [5, 5.41) is 2.52. The molecule has 2 rings (SSSR count). The van der Waals surface area contributed by atoms with E-state index < -0.39 is 45.2 Å². The van der Waals surface area contributed by atoms with Crippen LogP contribution in [0.25, 0.3) is 11.2 Å². The van der Waals surface area contributed by atoms with E-state index >= 15 is 0 Å². The number of imidazole rings is 1. The minimum Gasteiger partial charge on any atom is -0.447 e. The van der Waals surface area contributed by atoms with Gasteiger partial charge in [-0.15, -0.1) is 0 Å². The van der Waals surface area contributed by atoms with E-state index in [0.29, 0.717) is 11.2 Å². The van der Waals surface area contributed by atoms with Gasteiger partial charge in [-0.25, -0.2) is 24.5 Å². The van der Waals surface area contributed by atoms with Crippen molar-refractivity contribution in [3.8, 4) is 0 Å². The fourth-order valence-corrected chi connectivity index (χ4v) is 3.15. The first-order valence-corrected chi connectivity index (χ1v) is 11.8. The van der Waals surface area contributed by atoms with Crippen molar-refractivity contribution >= 4 is 36.8 Å². The van der Waals surface area contributed by atoms with Gasteiger partial charge in [0.1, 0.15) is 12.7 Å². The first-order valence-electron chi connectivity index (χ1n) is 10.0. The highest BCUT2D eigenvalue weighted by Gasteiger charge is 2.23. The number of hydrogen-bond acceptors (Lipinski definition) is 11. The summed E-state index contributed by atoms with van der Waals surface area (Å²) >= 11 is 0. The van der Waals surface area contributed by atoms with Gasteiger partial charge in [-0.05, 0) is 34.6 Å². The number of nitrogens with one attached hydrogen (secondary N) is 1. The Balaban J connectivity index is 1.89. The molecule has 0 radical (unpaired) electrons. The van der Waals surface area contributed by atoms with E-state index in [9.17, 15) is 19.0 Å². The molecule has 0 aliphatic heterocycles. The van der Waals surface area contributed by atoms with Gasteiger partial charge in [0.2, 0.25) is 6.79 Å². The van der Waals surface area contributed by atoms with Crippen LogP contribution in [-0.4, -0.2) is 68.1 Å². The largest absolute Gasteiger partial charge is 0.510 e. The van der Waals surface area contributed by atoms with E-state index in [1.165, 1.54) is 12.7 Å². The molecule has 0 fully saturated rings. The van der Waals surface area contributed by atoms with Gasteiger partial charge in [0.15, 0.2) is 17.0 Å². The zero-order valence-corrected chi connectivity index (χ0v) is 19.9. The van der Waals surface area contributed by atoms with Gasteiger partial charge in [-0.3, -0.25) is 14.4 Å².